The minimum atomic E-state index is -0.544. The number of amides is 1. The minimum Gasteiger partial charge on any atom is -0.351 e. The molecular formula is C13H10N4O4S. The van der Waals surface area contributed by atoms with Gasteiger partial charge in [0.15, 0.2) is 4.80 Å². The first-order valence-electron chi connectivity index (χ1n) is 6.22. The Morgan fingerprint density at radius 3 is 2.86 bits per heavy atom. The van der Waals surface area contributed by atoms with Crippen molar-refractivity contribution in [1.29, 1.82) is 0 Å². The summed E-state index contributed by atoms with van der Waals surface area (Å²) in [4.78, 5) is 26.8. The van der Waals surface area contributed by atoms with Gasteiger partial charge >= 0.3 is 5.91 Å². The molecule has 1 aromatic carbocycles. The predicted octanol–water partition coefficient (Wildman–Crippen LogP) is 2.19. The quantitative estimate of drug-likeness (QED) is 0.532. The van der Waals surface area contributed by atoms with Crippen LogP contribution in [0.1, 0.15) is 16.2 Å². The summed E-state index contributed by atoms with van der Waals surface area (Å²) in [5, 5.41) is 14.4. The lowest BCUT2D eigenvalue weighted by Gasteiger charge is -1.94. The van der Waals surface area contributed by atoms with Crippen LogP contribution in [0.15, 0.2) is 33.8 Å². The maximum atomic E-state index is 12.0. The van der Waals surface area contributed by atoms with Crippen LogP contribution in [0.25, 0.3) is 10.2 Å². The highest BCUT2D eigenvalue weighted by atomic mass is 32.1. The van der Waals surface area contributed by atoms with Crippen LogP contribution >= 0.6 is 11.3 Å². The predicted molar refractivity (Wildman–Crippen MR) is 78.6 cm³/mol. The molecule has 2 aromatic heterocycles. The first-order valence-corrected chi connectivity index (χ1v) is 7.03. The Bertz CT molecular complexity index is 966. The summed E-state index contributed by atoms with van der Waals surface area (Å²) in [7, 11) is 1.74. The molecule has 0 aliphatic heterocycles. The molecule has 3 rings (SSSR count). The lowest BCUT2D eigenvalue weighted by Crippen LogP contribution is -2.13. The van der Waals surface area contributed by atoms with Gasteiger partial charge in [0.05, 0.1) is 20.8 Å². The van der Waals surface area contributed by atoms with Crippen molar-refractivity contribution in [1.82, 2.24) is 9.72 Å². The number of aryl methyl sites for hydroxylation is 2. The van der Waals surface area contributed by atoms with E-state index in [1.165, 1.54) is 29.5 Å². The summed E-state index contributed by atoms with van der Waals surface area (Å²) in [6.07, 6.45) is 0. The first kappa shape index (κ1) is 14.1. The lowest BCUT2D eigenvalue weighted by molar-refractivity contribution is -0.384. The molecule has 0 atom stereocenters. The van der Waals surface area contributed by atoms with Crippen LogP contribution in [0, 0.1) is 17.0 Å². The van der Waals surface area contributed by atoms with Crippen molar-refractivity contribution >= 4 is 33.1 Å². The monoisotopic (exact) mass is 318 g/mol. The van der Waals surface area contributed by atoms with Crippen molar-refractivity contribution in [3.05, 3.63) is 50.6 Å². The first-order chi connectivity index (χ1) is 10.5. The average Bonchev–Trinajstić information content (AvgIpc) is 3.03. The van der Waals surface area contributed by atoms with Gasteiger partial charge in [-0.1, -0.05) is 16.5 Å². The second-order valence-corrected chi connectivity index (χ2v) is 5.61. The molecule has 0 spiro atoms. The van der Waals surface area contributed by atoms with Gasteiger partial charge < -0.3 is 9.09 Å². The highest BCUT2D eigenvalue weighted by Gasteiger charge is 2.13. The molecule has 0 fully saturated rings. The molecule has 2 heterocycles. The average molecular weight is 318 g/mol. The molecule has 0 saturated carbocycles. The van der Waals surface area contributed by atoms with Crippen molar-refractivity contribution in [2.75, 3.05) is 0 Å². The highest BCUT2D eigenvalue weighted by Crippen LogP contribution is 2.22. The molecule has 0 radical (unpaired) electrons. The van der Waals surface area contributed by atoms with Gasteiger partial charge in [0.1, 0.15) is 0 Å². The third-order valence-electron chi connectivity index (χ3n) is 3.04. The van der Waals surface area contributed by atoms with Crippen LogP contribution in [0.4, 0.5) is 5.69 Å². The number of thiazole rings is 1. The largest absolute Gasteiger partial charge is 0.351 e. The number of hydrogen-bond donors (Lipinski definition) is 0. The van der Waals surface area contributed by atoms with Gasteiger partial charge in [-0.3, -0.25) is 14.9 Å². The molecule has 0 unspecified atom stereocenters. The molecule has 22 heavy (non-hydrogen) atoms. The second kappa shape index (κ2) is 5.19. The molecular weight excluding hydrogens is 308 g/mol. The van der Waals surface area contributed by atoms with Crippen LogP contribution in [0.2, 0.25) is 0 Å². The minimum absolute atomic E-state index is 0.00177. The third-order valence-corrected chi connectivity index (χ3v) is 4.13. The number of carbonyl (C=O) groups excluding carboxylic acids is 1. The Morgan fingerprint density at radius 2 is 2.23 bits per heavy atom. The normalized spacial score (nSPS) is 12.0. The Kier molecular flexibility index (Phi) is 3.33. The van der Waals surface area contributed by atoms with Gasteiger partial charge in [-0.05, 0) is 13.0 Å². The molecule has 0 N–H and O–H groups in total. The van der Waals surface area contributed by atoms with Crippen molar-refractivity contribution < 1.29 is 14.2 Å². The number of nitro benzene ring substituents is 1. The van der Waals surface area contributed by atoms with Crippen molar-refractivity contribution in [3.63, 3.8) is 0 Å². The van der Waals surface area contributed by atoms with Crippen molar-refractivity contribution in [2.45, 2.75) is 6.92 Å². The summed E-state index contributed by atoms with van der Waals surface area (Å²) in [6.45, 7) is 1.71. The van der Waals surface area contributed by atoms with E-state index < -0.39 is 10.8 Å². The lowest BCUT2D eigenvalue weighted by atomic mass is 10.3. The molecule has 0 bridgehead atoms. The van der Waals surface area contributed by atoms with Crippen LogP contribution < -0.4 is 4.80 Å². The summed E-state index contributed by atoms with van der Waals surface area (Å²) in [6, 6.07) is 6.01. The fourth-order valence-electron chi connectivity index (χ4n) is 1.95. The number of fused-ring (bicyclic) bond motifs is 1. The summed E-state index contributed by atoms with van der Waals surface area (Å²) in [5.74, 6) is -0.488. The number of carbonyl (C=O) groups is 1. The summed E-state index contributed by atoms with van der Waals surface area (Å²) >= 11 is 1.19. The number of benzene rings is 1. The molecule has 112 valence electrons. The van der Waals surface area contributed by atoms with Gasteiger partial charge in [-0.15, -0.1) is 0 Å². The van der Waals surface area contributed by atoms with Gasteiger partial charge in [-0.2, -0.15) is 4.99 Å². The van der Waals surface area contributed by atoms with Crippen LogP contribution in [-0.4, -0.2) is 20.6 Å². The van der Waals surface area contributed by atoms with Gasteiger partial charge in [0.25, 0.3) is 5.69 Å². The second-order valence-electron chi connectivity index (χ2n) is 4.60. The molecule has 1 amide bonds. The van der Waals surface area contributed by atoms with E-state index in [1.54, 1.807) is 24.6 Å². The van der Waals surface area contributed by atoms with E-state index in [2.05, 4.69) is 10.1 Å². The van der Waals surface area contributed by atoms with E-state index in [9.17, 15) is 14.9 Å². The number of aromatic nitrogens is 2. The SMILES string of the molecule is Cc1cc(C(=O)N=c2sc3cc([N+](=O)[O-])ccc3n2C)on1. The van der Waals surface area contributed by atoms with Crippen molar-refractivity contribution in [2.24, 2.45) is 12.0 Å². The standard InChI is InChI=1S/C13H10N4O4S/c1-7-5-10(21-15-7)12(18)14-13-16(2)9-4-3-8(17(19)20)6-11(9)22-13/h3-6H,1-2H3. The fraction of sp³-hybridized carbons (Fsp3) is 0.154. The Morgan fingerprint density at radius 1 is 1.45 bits per heavy atom. The number of non-ortho nitro benzene ring substituents is 1. The Balaban J connectivity index is 2.10. The third kappa shape index (κ3) is 2.42. The van der Waals surface area contributed by atoms with E-state index in [-0.39, 0.29) is 11.4 Å². The van der Waals surface area contributed by atoms with E-state index >= 15 is 0 Å². The van der Waals surface area contributed by atoms with Gasteiger partial charge in [0, 0.05) is 25.2 Å². The Labute approximate surface area is 127 Å². The zero-order valence-electron chi connectivity index (χ0n) is 11.6. The topological polar surface area (TPSA) is 104 Å². The number of rotatable bonds is 2. The summed E-state index contributed by atoms with van der Waals surface area (Å²) in [5.41, 5.74) is 1.35. The Hall–Kier alpha value is -2.81. The molecule has 8 nitrogen and oxygen atoms in total. The van der Waals surface area contributed by atoms with E-state index in [0.29, 0.717) is 15.2 Å². The highest BCUT2D eigenvalue weighted by molar-refractivity contribution is 7.16. The van der Waals surface area contributed by atoms with E-state index in [0.717, 1.165) is 5.52 Å². The fourth-order valence-corrected chi connectivity index (χ4v) is 3.00. The number of nitro groups is 1. The molecule has 0 saturated heterocycles. The summed E-state index contributed by atoms with van der Waals surface area (Å²) < 4.78 is 7.25. The van der Waals surface area contributed by atoms with Crippen LogP contribution in [0.5, 0.6) is 0 Å². The van der Waals surface area contributed by atoms with E-state index in [4.69, 9.17) is 4.52 Å². The maximum absolute atomic E-state index is 12.0. The van der Waals surface area contributed by atoms with E-state index in [1.807, 2.05) is 0 Å². The zero-order valence-corrected chi connectivity index (χ0v) is 12.5. The van der Waals surface area contributed by atoms with Gasteiger partial charge in [-0.25, -0.2) is 0 Å². The molecule has 3 aromatic rings. The molecule has 0 aliphatic carbocycles. The number of nitrogens with zero attached hydrogens (tertiary/aromatic N) is 4. The number of hydrogen-bond acceptors (Lipinski definition) is 6. The van der Waals surface area contributed by atoms with Crippen LogP contribution in [-0.2, 0) is 7.05 Å². The van der Waals surface area contributed by atoms with Crippen LogP contribution in [0.3, 0.4) is 0 Å². The smallest absolute Gasteiger partial charge is 0.318 e. The molecule has 0 aliphatic rings. The molecule has 9 heteroatoms. The maximum Gasteiger partial charge on any atom is 0.318 e. The van der Waals surface area contributed by atoms with Gasteiger partial charge in [0.2, 0.25) is 5.76 Å². The van der Waals surface area contributed by atoms with Crippen molar-refractivity contribution in [3.8, 4) is 0 Å². The zero-order chi connectivity index (χ0) is 15.9.